The highest BCUT2D eigenvalue weighted by molar-refractivity contribution is 7.92. The van der Waals surface area contributed by atoms with Crippen LogP contribution in [0.15, 0.2) is 52.2 Å². The number of anilines is 1. The van der Waals surface area contributed by atoms with E-state index in [2.05, 4.69) is 9.71 Å². The Bertz CT molecular complexity index is 1460. The minimum atomic E-state index is -3.38. The Labute approximate surface area is 196 Å². The molecule has 0 atom stereocenters. The molecule has 1 heterocycles. The van der Waals surface area contributed by atoms with Gasteiger partial charge in [-0.3, -0.25) is 9.52 Å². The molecule has 0 saturated heterocycles. The molecule has 0 spiro atoms. The van der Waals surface area contributed by atoms with Crippen molar-refractivity contribution in [3.63, 3.8) is 0 Å². The highest BCUT2D eigenvalue weighted by Gasteiger charge is 2.23. The van der Waals surface area contributed by atoms with Gasteiger partial charge in [0.15, 0.2) is 0 Å². The van der Waals surface area contributed by atoms with Crippen molar-refractivity contribution in [3.05, 3.63) is 85.9 Å². The molecule has 34 heavy (non-hydrogen) atoms. The summed E-state index contributed by atoms with van der Waals surface area (Å²) in [6.07, 6.45) is 5.33. The molecular weight excluding hydrogens is 461 g/mol. The number of rotatable bonds is 6. The van der Waals surface area contributed by atoms with Gasteiger partial charge in [0, 0.05) is 23.0 Å². The van der Waals surface area contributed by atoms with Crippen molar-refractivity contribution in [2.24, 2.45) is 0 Å². The molecule has 0 fully saturated rings. The Morgan fingerprint density at radius 2 is 1.74 bits per heavy atom. The fraction of sp³-hybridized carbons (Fsp3) is 0.250. The Balaban J connectivity index is 2.15. The molecule has 0 amide bonds. The van der Waals surface area contributed by atoms with Crippen molar-refractivity contribution >= 4 is 27.9 Å². The van der Waals surface area contributed by atoms with Crippen LogP contribution in [-0.2, 0) is 15.4 Å². The van der Waals surface area contributed by atoms with Gasteiger partial charge in [-0.25, -0.2) is 17.8 Å². The Morgan fingerprint density at radius 1 is 1.09 bits per heavy atom. The SMILES string of the molecule is COc1c(C=Cc2ccc(NS(C)(=O)=O)cc2)cc(-n2c(=O)[nH]cc(F)c2=O)cc1C(C)(C)C. The van der Waals surface area contributed by atoms with Gasteiger partial charge in [0.1, 0.15) is 5.75 Å². The second-order valence-corrected chi connectivity index (χ2v) is 10.5. The number of methoxy groups -OCH3 is 1. The second kappa shape index (κ2) is 9.30. The van der Waals surface area contributed by atoms with E-state index in [-0.39, 0.29) is 5.69 Å². The summed E-state index contributed by atoms with van der Waals surface area (Å²) in [6.45, 7) is 5.86. The first kappa shape index (κ1) is 25.0. The van der Waals surface area contributed by atoms with Crippen LogP contribution >= 0.6 is 0 Å². The summed E-state index contributed by atoms with van der Waals surface area (Å²) < 4.78 is 45.5. The minimum absolute atomic E-state index is 0.198. The van der Waals surface area contributed by atoms with Gasteiger partial charge >= 0.3 is 5.69 Å². The molecule has 0 radical (unpaired) electrons. The van der Waals surface area contributed by atoms with E-state index in [9.17, 15) is 22.4 Å². The van der Waals surface area contributed by atoms with Gasteiger partial charge in [-0.15, -0.1) is 0 Å². The number of ether oxygens (including phenoxy) is 1. The third kappa shape index (κ3) is 5.63. The maximum Gasteiger partial charge on any atom is 0.333 e. The van der Waals surface area contributed by atoms with Crippen LogP contribution in [0.1, 0.15) is 37.5 Å². The number of benzene rings is 2. The fourth-order valence-corrected chi connectivity index (χ4v) is 3.98. The number of aromatic nitrogens is 2. The van der Waals surface area contributed by atoms with Crippen LogP contribution in [0.25, 0.3) is 17.8 Å². The quantitative estimate of drug-likeness (QED) is 0.517. The number of hydrogen-bond donors (Lipinski definition) is 2. The third-order valence-corrected chi connectivity index (χ3v) is 5.58. The largest absolute Gasteiger partial charge is 0.496 e. The Morgan fingerprint density at radius 3 is 2.29 bits per heavy atom. The zero-order valence-electron chi connectivity index (χ0n) is 19.5. The van der Waals surface area contributed by atoms with Gasteiger partial charge in [-0.1, -0.05) is 45.1 Å². The van der Waals surface area contributed by atoms with Crippen molar-refractivity contribution in [2.45, 2.75) is 26.2 Å². The highest BCUT2D eigenvalue weighted by Crippen LogP contribution is 2.37. The van der Waals surface area contributed by atoms with Crippen LogP contribution in [0.3, 0.4) is 0 Å². The number of aromatic amines is 1. The van der Waals surface area contributed by atoms with E-state index in [0.29, 0.717) is 17.0 Å². The first-order valence-corrected chi connectivity index (χ1v) is 12.2. The standard InChI is InChI=1S/C24H26FN3O5S/c1-24(2,3)19-13-18(28-22(29)20(25)14-26-23(28)30)12-16(21(19)33-4)9-6-15-7-10-17(11-8-15)27-34(5,31)32/h6-14,27H,1-5H3,(H,26,30). The molecular formula is C24H26FN3O5S. The molecule has 3 rings (SSSR count). The molecule has 2 aromatic carbocycles. The molecule has 0 unspecified atom stereocenters. The van der Waals surface area contributed by atoms with E-state index in [1.54, 1.807) is 48.6 Å². The summed E-state index contributed by atoms with van der Waals surface area (Å²) >= 11 is 0. The second-order valence-electron chi connectivity index (χ2n) is 8.78. The van der Waals surface area contributed by atoms with Crippen molar-refractivity contribution in [1.82, 2.24) is 9.55 Å². The lowest BCUT2D eigenvalue weighted by Gasteiger charge is -2.24. The highest BCUT2D eigenvalue weighted by atomic mass is 32.2. The molecule has 0 aliphatic carbocycles. The van der Waals surface area contributed by atoms with Crippen LogP contribution in [-0.4, -0.2) is 31.3 Å². The summed E-state index contributed by atoms with van der Waals surface area (Å²) in [4.78, 5) is 27.0. The summed E-state index contributed by atoms with van der Waals surface area (Å²) in [5.74, 6) is -0.531. The van der Waals surface area contributed by atoms with Gasteiger partial charge in [0.05, 0.1) is 19.1 Å². The maximum absolute atomic E-state index is 13.9. The van der Waals surface area contributed by atoms with Gasteiger partial charge in [-0.2, -0.15) is 4.39 Å². The number of sulfonamides is 1. The topological polar surface area (TPSA) is 110 Å². The third-order valence-electron chi connectivity index (χ3n) is 4.97. The van der Waals surface area contributed by atoms with E-state index < -0.39 is 32.5 Å². The maximum atomic E-state index is 13.9. The average molecular weight is 488 g/mol. The van der Waals surface area contributed by atoms with Gasteiger partial charge in [0.25, 0.3) is 5.56 Å². The van der Waals surface area contributed by atoms with Crippen molar-refractivity contribution in [3.8, 4) is 11.4 Å². The van der Waals surface area contributed by atoms with Crippen LogP contribution in [0.5, 0.6) is 5.75 Å². The fourth-order valence-electron chi connectivity index (χ4n) is 3.42. The first-order valence-electron chi connectivity index (χ1n) is 10.3. The van der Waals surface area contributed by atoms with Crippen LogP contribution in [0.4, 0.5) is 10.1 Å². The molecule has 0 aliphatic heterocycles. The summed E-state index contributed by atoms with van der Waals surface area (Å²) in [5.41, 5.74) is 0.437. The number of H-pyrrole nitrogens is 1. The first-order chi connectivity index (χ1) is 15.8. The molecule has 0 aliphatic rings. The van der Waals surface area contributed by atoms with Gasteiger partial charge < -0.3 is 9.72 Å². The summed E-state index contributed by atoms with van der Waals surface area (Å²) in [7, 11) is -1.86. The van der Waals surface area contributed by atoms with E-state index in [1.807, 2.05) is 20.8 Å². The molecule has 0 bridgehead atoms. The molecule has 2 N–H and O–H groups in total. The number of hydrogen-bond acceptors (Lipinski definition) is 5. The van der Waals surface area contributed by atoms with Crippen molar-refractivity contribution in [2.75, 3.05) is 18.1 Å². The average Bonchev–Trinajstić information content (AvgIpc) is 2.74. The van der Waals surface area contributed by atoms with Crippen LogP contribution in [0.2, 0.25) is 0 Å². The molecule has 10 heteroatoms. The van der Waals surface area contributed by atoms with E-state index >= 15 is 0 Å². The van der Waals surface area contributed by atoms with Crippen molar-refractivity contribution in [1.29, 1.82) is 0 Å². The van der Waals surface area contributed by atoms with Gasteiger partial charge in [-0.05, 0) is 35.2 Å². The van der Waals surface area contributed by atoms with E-state index in [0.717, 1.165) is 28.1 Å². The lowest BCUT2D eigenvalue weighted by atomic mass is 9.84. The molecule has 180 valence electrons. The minimum Gasteiger partial charge on any atom is -0.496 e. The molecule has 3 aromatic rings. The predicted molar refractivity (Wildman–Crippen MR) is 132 cm³/mol. The van der Waals surface area contributed by atoms with Gasteiger partial charge in [0.2, 0.25) is 15.8 Å². The zero-order chi connectivity index (χ0) is 25.3. The Hall–Kier alpha value is -3.66. The normalized spacial score (nSPS) is 12.2. The summed E-state index contributed by atoms with van der Waals surface area (Å²) in [6, 6.07) is 9.92. The molecule has 0 saturated carbocycles. The summed E-state index contributed by atoms with van der Waals surface area (Å²) in [5, 5.41) is 0. The number of nitrogens with one attached hydrogen (secondary N) is 2. The van der Waals surface area contributed by atoms with E-state index in [4.69, 9.17) is 4.74 Å². The van der Waals surface area contributed by atoms with Crippen molar-refractivity contribution < 1.29 is 17.5 Å². The number of halogens is 1. The monoisotopic (exact) mass is 487 g/mol. The lowest BCUT2D eigenvalue weighted by molar-refractivity contribution is 0.396. The zero-order valence-corrected chi connectivity index (χ0v) is 20.3. The molecule has 1 aromatic heterocycles. The van der Waals surface area contributed by atoms with Crippen LogP contribution in [0, 0.1) is 5.82 Å². The van der Waals surface area contributed by atoms with E-state index in [1.165, 1.54) is 7.11 Å². The predicted octanol–water partition coefficient (Wildman–Crippen LogP) is 3.51. The number of nitrogens with zero attached hydrogens (tertiary/aromatic N) is 1. The molecule has 8 nitrogen and oxygen atoms in total. The Kier molecular flexibility index (Phi) is 6.83. The smallest absolute Gasteiger partial charge is 0.333 e. The van der Waals surface area contributed by atoms with Crippen LogP contribution < -0.4 is 20.7 Å². The lowest BCUT2D eigenvalue weighted by Crippen LogP contribution is -2.35.